The van der Waals surface area contributed by atoms with Gasteiger partial charge >= 0.3 is 0 Å². The SMILES string of the molecule is CSCCCNc1cc(C)ccc1F. The molecule has 0 saturated heterocycles. The molecule has 0 atom stereocenters. The van der Waals surface area contributed by atoms with Gasteiger partial charge < -0.3 is 5.32 Å². The maximum absolute atomic E-state index is 13.2. The van der Waals surface area contributed by atoms with Crippen molar-refractivity contribution in [1.82, 2.24) is 0 Å². The smallest absolute Gasteiger partial charge is 0.146 e. The molecule has 0 spiro atoms. The second-order valence-electron chi connectivity index (χ2n) is 3.26. The number of hydrogen-bond donors (Lipinski definition) is 1. The Kier molecular flexibility index (Phi) is 4.80. The van der Waals surface area contributed by atoms with Crippen LogP contribution in [0, 0.1) is 12.7 Å². The fraction of sp³-hybridized carbons (Fsp3) is 0.455. The second kappa shape index (κ2) is 5.91. The number of benzene rings is 1. The first-order chi connectivity index (χ1) is 6.74. The summed E-state index contributed by atoms with van der Waals surface area (Å²) in [5.74, 6) is 0.945. The van der Waals surface area contributed by atoms with Gasteiger partial charge in [0.1, 0.15) is 5.82 Å². The molecule has 0 fully saturated rings. The predicted molar refractivity (Wildman–Crippen MR) is 62.6 cm³/mol. The number of aryl methyl sites for hydroxylation is 1. The Bertz CT molecular complexity index is 289. The molecular weight excluding hydrogens is 197 g/mol. The molecule has 0 aliphatic rings. The summed E-state index contributed by atoms with van der Waals surface area (Å²) in [5.41, 5.74) is 1.70. The second-order valence-corrected chi connectivity index (χ2v) is 4.24. The molecule has 0 amide bonds. The first kappa shape index (κ1) is 11.4. The first-order valence-electron chi connectivity index (χ1n) is 4.73. The largest absolute Gasteiger partial charge is 0.383 e. The molecule has 0 heterocycles. The van der Waals surface area contributed by atoms with Gasteiger partial charge in [0.2, 0.25) is 0 Å². The van der Waals surface area contributed by atoms with E-state index in [9.17, 15) is 4.39 Å². The van der Waals surface area contributed by atoms with Crippen molar-refractivity contribution in [2.24, 2.45) is 0 Å². The molecule has 78 valence electrons. The molecule has 0 aromatic heterocycles. The van der Waals surface area contributed by atoms with E-state index in [-0.39, 0.29) is 5.82 Å². The van der Waals surface area contributed by atoms with Crippen LogP contribution in [0.15, 0.2) is 18.2 Å². The molecule has 0 radical (unpaired) electrons. The van der Waals surface area contributed by atoms with Crippen molar-refractivity contribution in [3.8, 4) is 0 Å². The first-order valence-corrected chi connectivity index (χ1v) is 6.12. The maximum Gasteiger partial charge on any atom is 0.146 e. The zero-order chi connectivity index (χ0) is 10.4. The van der Waals surface area contributed by atoms with Crippen LogP contribution in [-0.2, 0) is 0 Å². The molecule has 0 saturated carbocycles. The van der Waals surface area contributed by atoms with Gasteiger partial charge in [-0.2, -0.15) is 11.8 Å². The van der Waals surface area contributed by atoms with Crippen LogP contribution in [0.4, 0.5) is 10.1 Å². The monoisotopic (exact) mass is 213 g/mol. The van der Waals surface area contributed by atoms with Gasteiger partial charge in [-0.1, -0.05) is 6.07 Å². The van der Waals surface area contributed by atoms with Crippen LogP contribution in [0.2, 0.25) is 0 Å². The van der Waals surface area contributed by atoms with Crippen molar-refractivity contribution in [3.05, 3.63) is 29.6 Å². The highest BCUT2D eigenvalue weighted by Gasteiger charge is 2.00. The van der Waals surface area contributed by atoms with E-state index in [0.717, 1.165) is 24.3 Å². The lowest BCUT2D eigenvalue weighted by Gasteiger charge is -2.07. The predicted octanol–water partition coefficient (Wildman–Crippen LogP) is 3.30. The van der Waals surface area contributed by atoms with Crippen molar-refractivity contribution in [2.45, 2.75) is 13.3 Å². The van der Waals surface area contributed by atoms with Gasteiger partial charge in [-0.05, 0) is 43.0 Å². The summed E-state index contributed by atoms with van der Waals surface area (Å²) in [6.45, 7) is 2.80. The normalized spacial score (nSPS) is 10.2. The molecule has 14 heavy (non-hydrogen) atoms. The van der Waals surface area contributed by atoms with Crippen LogP contribution in [0.25, 0.3) is 0 Å². The minimum absolute atomic E-state index is 0.167. The van der Waals surface area contributed by atoms with Gasteiger partial charge in [0.25, 0.3) is 0 Å². The van der Waals surface area contributed by atoms with Crippen LogP contribution in [0.3, 0.4) is 0 Å². The van der Waals surface area contributed by atoms with E-state index in [1.807, 2.05) is 24.8 Å². The van der Waals surface area contributed by atoms with Crippen molar-refractivity contribution >= 4 is 17.4 Å². The Balaban J connectivity index is 2.45. The average Bonchev–Trinajstić information content (AvgIpc) is 2.18. The van der Waals surface area contributed by atoms with E-state index >= 15 is 0 Å². The summed E-state index contributed by atoms with van der Waals surface area (Å²) < 4.78 is 13.2. The molecule has 1 aromatic rings. The topological polar surface area (TPSA) is 12.0 Å². The third-order valence-corrected chi connectivity index (χ3v) is 2.66. The molecule has 0 unspecified atom stereocenters. The molecule has 1 N–H and O–H groups in total. The molecular formula is C11H16FNS. The zero-order valence-electron chi connectivity index (χ0n) is 8.64. The number of nitrogens with one attached hydrogen (secondary N) is 1. The highest BCUT2D eigenvalue weighted by molar-refractivity contribution is 7.98. The van der Waals surface area contributed by atoms with Gasteiger partial charge in [-0.25, -0.2) is 4.39 Å². The summed E-state index contributed by atoms with van der Waals surface area (Å²) in [4.78, 5) is 0. The molecule has 1 nitrogen and oxygen atoms in total. The quantitative estimate of drug-likeness (QED) is 0.753. The van der Waals surface area contributed by atoms with Gasteiger partial charge in [0.15, 0.2) is 0 Å². The number of anilines is 1. The van der Waals surface area contributed by atoms with E-state index in [4.69, 9.17) is 0 Å². The van der Waals surface area contributed by atoms with E-state index in [1.54, 1.807) is 6.07 Å². The summed E-state index contributed by atoms with van der Waals surface area (Å²) in [6, 6.07) is 5.13. The molecule has 1 rings (SSSR count). The van der Waals surface area contributed by atoms with Gasteiger partial charge in [0.05, 0.1) is 5.69 Å². The lowest BCUT2D eigenvalue weighted by Crippen LogP contribution is -2.04. The van der Waals surface area contributed by atoms with Gasteiger partial charge in [-0.15, -0.1) is 0 Å². The standard InChI is InChI=1S/C11H16FNS/c1-9-4-5-10(12)11(8-9)13-6-3-7-14-2/h4-5,8,13H,3,6-7H2,1-2H3. The average molecular weight is 213 g/mol. The highest BCUT2D eigenvalue weighted by Crippen LogP contribution is 2.15. The zero-order valence-corrected chi connectivity index (χ0v) is 9.46. The van der Waals surface area contributed by atoms with Crippen molar-refractivity contribution in [1.29, 1.82) is 0 Å². The van der Waals surface area contributed by atoms with Crippen LogP contribution in [-0.4, -0.2) is 18.6 Å². The summed E-state index contributed by atoms with van der Waals surface area (Å²) in [7, 11) is 0. The minimum Gasteiger partial charge on any atom is -0.383 e. The molecule has 1 aromatic carbocycles. The number of rotatable bonds is 5. The Hall–Kier alpha value is -0.700. The lowest BCUT2D eigenvalue weighted by molar-refractivity contribution is 0.629. The molecule has 0 aliphatic carbocycles. The number of thioether (sulfide) groups is 1. The third-order valence-electron chi connectivity index (χ3n) is 1.96. The summed E-state index contributed by atoms with van der Waals surface area (Å²) in [5, 5.41) is 3.10. The molecule has 0 aliphatic heterocycles. The van der Waals surface area contributed by atoms with Crippen molar-refractivity contribution in [3.63, 3.8) is 0 Å². The van der Waals surface area contributed by atoms with E-state index in [0.29, 0.717) is 5.69 Å². The Morgan fingerprint density at radius 3 is 2.93 bits per heavy atom. The Labute approximate surface area is 89.1 Å². The van der Waals surface area contributed by atoms with Crippen LogP contribution in [0.1, 0.15) is 12.0 Å². The third kappa shape index (κ3) is 3.58. The van der Waals surface area contributed by atoms with E-state index in [1.165, 1.54) is 6.07 Å². The van der Waals surface area contributed by atoms with Gasteiger partial charge in [0, 0.05) is 6.54 Å². The molecule has 0 bridgehead atoms. The highest BCUT2D eigenvalue weighted by atomic mass is 32.2. The lowest BCUT2D eigenvalue weighted by atomic mass is 10.2. The fourth-order valence-electron chi connectivity index (χ4n) is 1.21. The fourth-order valence-corrected chi connectivity index (χ4v) is 1.65. The summed E-state index contributed by atoms with van der Waals surface area (Å²) >= 11 is 1.81. The van der Waals surface area contributed by atoms with Crippen molar-refractivity contribution in [2.75, 3.05) is 23.9 Å². The molecule has 3 heteroatoms. The Morgan fingerprint density at radius 2 is 2.21 bits per heavy atom. The van der Waals surface area contributed by atoms with Gasteiger partial charge in [-0.3, -0.25) is 0 Å². The minimum atomic E-state index is -0.167. The Morgan fingerprint density at radius 1 is 1.43 bits per heavy atom. The van der Waals surface area contributed by atoms with Crippen LogP contribution < -0.4 is 5.32 Å². The van der Waals surface area contributed by atoms with Crippen LogP contribution in [0.5, 0.6) is 0 Å². The number of hydrogen-bond acceptors (Lipinski definition) is 2. The van der Waals surface area contributed by atoms with E-state index in [2.05, 4.69) is 11.6 Å². The maximum atomic E-state index is 13.2. The van der Waals surface area contributed by atoms with Crippen LogP contribution >= 0.6 is 11.8 Å². The number of halogens is 1. The van der Waals surface area contributed by atoms with E-state index < -0.39 is 0 Å². The van der Waals surface area contributed by atoms with Crippen molar-refractivity contribution < 1.29 is 4.39 Å². The summed E-state index contributed by atoms with van der Waals surface area (Å²) in [6.07, 6.45) is 3.14.